The summed E-state index contributed by atoms with van der Waals surface area (Å²) in [6, 6.07) is 11.8. The zero-order chi connectivity index (χ0) is 18.4. The molecule has 0 bridgehead atoms. The van der Waals surface area contributed by atoms with E-state index in [9.17, 15) is 9.59 Å². The number of rotatable bonds is 7. The Morgan fingerprint density at radius 3 is 2.50 bits per heavy atom. The fourth-order valence-electron chi connectivity index (χ4n) is 3.20. The second kappa shape index (κ2) is 8.85. The molecule has 3 rings (SSSR count). The van der Waals surface area contributed by atoms with Gasteiger partial charge in [-0.3, -0.25) is 9.59 Å². The first-order chi connectivity index (χ1) is 12.7. The van der Waals surface area contributed by atoms with E-state index in [0.717, 1.165) is 36.1 Å². The molecule has 2 N–H and O–H groups in total. The van der Waals surface area contributed by atoms with Gasteiger partial charge in [0, 0.05) is 23.9 Å². The Labute approximate surface area is 157 Å². The molecule has 5 nitrogen and oxygen atoms in total. The van der Waals surface area contributed by atoms with E-state index in [2.05, 4.69) is 10.6 Å². The summed E-state index contributed by atoms with van der Waals surface area (Å²) in [6.45, 7) is 0.847. The van der Waals surface area contributed by atoms with Crippen molar-refractivity contribution in [3.63, 3.8) is 0 Å². The molecular weight excluding hydrogens is 348 g/mol. The van der Waals surface area contributed by atoms with Crippen LogP contribution < -0.4 is 15.4 Å². The molecule has 0 aliphatic heterocycles. The lowest BCUT2D eigenvalue weighted by Crippen LogP contribution is -2.36. The van der Waals surface area contributed by atoms with Crippen LogP contribution in [0.25, 0.3) is 10.4 Å². The van der Waals surface area contributed by atoms with Crippen molar-refractivity contribution in [1.82, 2.24) is 10.6 Å². The molecule has 26 heavy (non-hydrogen) atoms. The molecule has 2 aromatic rings. The molecule has 1 aliphatic rings. The maximum absolute atomic E-state index is 12.5. The fraction of sp³-hybridized carbons (Fsp3) is 0.400. The van der Waals surface area contributed by atoms with E-state index >= 15 is 0 Å². The highest BCUT2D eigenvalue weighted by Gasteiger charge is 2.22. The molecule has 1 aromatic heterocycles. The summed E-state index contributed by atoms with van der Waals surface area (Å²) in [4.78, 5) is 26.0. The first-order valence-corrected chi connectivity index (χ1v) is 9.80. The van der Waals surface area contributed by atoms with Crippen molar-refractivity contribution in [3.05, 3.63) is 41.3 Å². The monoisotopic (exact) mass is 372 g/mol. The number of benzene rings is 1. The standard InChI is InChI=1S/C20H24N2O3S/c1-25-16-13-17(14-7-3-2-4-8-14)26-18(16)20(24)22-12-11-21-19(23)15-9-5-6-10-15/h2-4,7-8,13,15H,5-6,9-12H2,1H3,(H,21,23)(H,22,24). The van der Waals surface area contributed by atoms with Crippen LogP contribution in [0.3, 0.4) is 0 Å². The van der Waals surface area contributed by atoms with Crippen molar-refractivity contribution in [2.24, 2.45) is 5.92 Å². The first kappa shape index (κ1) is 18.5. The van der Waals surface area contributed by atoms with Crippen LogP contribution in [-0.2, 0) is 4.79 Å². The summed E-state index contributed by atoms with van der Waals surface area (Å²) in [5, 5.41) is 5.77. The molecule has 0 radical (unpaired) electrons. The lowest BCUT2D eigenvalue weighted by molar-refractivity contribution is -0.124. The van der Waals surface area contributed by atoms with E-state index < -0.39 is 0 Å². The molecule has 0 saturated heterocycles. The molecule has 1 aliphatic carbocycles. The second-order valence-corrected chi connectivity index (χ2v) is 7.45. The zero-order valence-electron chi connectivity index (χ0n) is 14.9. The third-order valence-electron chi connectivity index (χ3n) is 4.62. The molecule has 1 fully saturated rings. The van der Waals surface area contributed by atoms with E-state index in [0.29, 0.717) is 23.7 Å². The summed E-state index contributed by atoms with van der Waals surface area (Å²) in [7, 11) is 1.56. The number of hydrogen-bond donors (Lipinski definition) is 2. The summed E-state index contributed by atoms with van der Waals surface area (Å²) in [6.07, 6.45) is 4.23. The van der Waals surface area contributed by atoms with Crippen LogP contribution >= 0.6 is 11.3 Å². The molecule has 1 saturated carbocycles. The van der Waals surface area contributed by atoms with Gasteiger partial charge in [0.05, 0.1) is 7.11 Å². The van der Waals surface area contributed by atoms with Crippen molar-refractivity contribution in [2.45, 2.75) is 25.7 Å². The second-order valence-electron chi connectivity index (χ2n) is 6.40. The SMILES string of the molecule is COc1cc(-c2ccccc2)sc1C(=O)NCCNC(=O)C1CCCC1. The molecule has 2 amide bonds. The number of carbonyl (C=O) groups is 2. The number of nitrogens with one attached hydrogen (secondary N) is 2. The van der Waals surface area contributed by atoms with Gasteiger partial charge in [0.1, 0.15) is 10.6 Å². The van der Waals surface area contributed by atoms with Gasteiger partial charge < -0.3 is 15.4 Å². The van der Waals surface area contributed by atoms with Gasteiger partial charge in [-0.2, -0.15) is 0 Å². The third kappa shape index (κ3) is 4.43. The maximum Gasteiger partial charge on any atom is 0.265 e. The number of ether oxygens (including phenoxy) is 1. The fourth-order valence-corrected chi connectivity index (χ4v) is 4.25. The average molecular weight is 372 g/mol. The molecule has 0 atom stereocenters. The van der Waals surface area contributed by atoms with Crippen LogP contribution in [-0.4, -0.2) is 32.0 Å². The highest BCUT2D eigenvalue weighted by molar-refractivity contribution is 7.17. The summed E-state index contributed by atoms with van der Waals surface area (Å²) >= 11 is 1.41. The van der Waals surface area contributed by atoms with E-state index in [4.69, 9.17) is 4.74 Å². The minimum atomic E-state index is -0.177. The Bertz CT molecular complexity index is 752. The van der Waals surface area contributed by atoms with Crippen molar-refractivity contribution < 1.29 is 14.3 Å². The molecule has 138 valence electrons. The highest BCUT2D eigenvalue weighted by atomic mass is 32.1. The Morgan fingerprint density at radius 2 is 1.81 bits per heavy atom. The molecule has 1 aromatic carbocycles. The van der Waals surface area contributed by atoms with Gasteiger partial charge in [-0.1, -0.05) is 43.2 Å². The first-order valence-electron chi connectivity index (χ1n) is 8.98. The Morgan fingerprint density at radius 1 is 1.12 bits per heavy atom. The lowest BCUT2D eigenvalue weighted by Gasteiger charge is -2.10. The smallest absolute Gasteiger partial charge is 0.265 e. The van der Waals surface area contributed by atoms with Crippen molar-refractivity contribution >= 4 is 23.2 Å². The quantitative estimate of drug-likeness (QED) is 0.732. The van der Waals surface area contributed by atoms with Gasteiger partial charge in [-0.05, 0) is 24.5 Å². The topological polar surface area (TPSA) is 67.4 Å². The molecule has 6 heteroatoms. The van der Waals surface area contributed by atoms with Gasteiger partial charge >= 0.3 is 0 Å². The number of thiophene rings is 1. The minimum absolute atomic E-state index is 0.108. The van der Waals surface area contributed by atoms with E-state index in [1.807, 2.05) is 36.4 Å². The third-order valence-corrected chi connectivity index (χ3v) is 5.78. The van der Waals surface area contributed by atoms with Gasteiger partial charge in [0.15, 0.2) is 0 Å². The molecular formula is C20H24N2O3S. The lowest BCUT2D eigenvalue weighted by atomic mass is 10.1. The molecule has 0 unspecified atom stereocenters. The van der Waals surface area contributed by atoms with Crippen LogP contribution in [0, 0.1) is 5.92 Å². The van der Waals surface area contributed by atoms with Gasteiger partial charge in [-0.15, -0.1) is 11.3 Å². The van der Waals surface area contributed by atoms with Crippen LogP contribution in [0.2, 0.25) is 0 Å². The van der Waals surface area contributed by atoms with Crippen LogP contribution in [0.5, 0.6) is 5.75 Å². The number of amides is 2. The van der Waals surface area contributed by atoms with Crippen molar-refractivity contribution in [2.75, 3.05) is 20.2 Å². The van der Waals surface area contributed by atoms with Crippen LogP contribution in [0.15, 0.2) is 36.4 Å². The Balaban J connectivity index is 1.54. The van der Waals surface area contributed by atoms with Gasteiger partial charge in [0.25, 0.3) is 5.91 Å². The summed E-state index contributed by atoms with van der Waals surface area (Å²) < 4.78 is 5.36. The van der Waals surface area contributed by atoms with Gasteiger partial charge in [-0.25, -0.2) is 0 Å². The number of carbonyl (C=O) groups excluding carboxylic acids is 2. The van der Waals surface area contributed by atoms with Gasteiger partial charge in [0.2, 0.25) is 5.91 Å². The van der Waals surface area contributed by atoms with E-state index in [-0.39, 0.29) is 17.7 Å². The van der Waals surface area contributed by atoms with Crippen LogP contribution in [0.1, 0.15) is 35.4 Å². The number of methoxy groups -OCH3 is 1. The van der Waals surface area contributed by atoms with Crippen molar-refractivity contribution in [3.8, 4) is 16.2 Å². The summed E-state index contributed by atoms with van der Waals surface area (Å²) in [5.74, 6) is 0.652. The predicted molar refractivity (Wildman–Crippen MR) is 104 cm³/mol. The molecule has 0 spiro atoms. The normalized spacial score (nSPS) is 14.2. The van der Waals surface area contributed by atoms with E-state index in [1.54, 1.807) is 7.11 Å². The predicted octanol–water partition coefficient (Wildman–Crippen LogP) is 3.46. The molecule has 1 heterocycles. The zero-order valence-corrected chi connectivity index (χ0v) is 15.7. The Kier molecular flexibility index (Phi) is 6.28. The maximum atomic E-state index is 12.5. The number of hydrogen-bond acceptors (Lipinski definition) is 4. The Hall–Kier alpha value is -2.34. The van der Waals surface area contributed by atoms with Crippen LogP contribution in [0.4, 0.5) is 0 Å². The average Bonchev–Trinajstić information content (AvgIpc) is 3.35. The largest absolute Gasteiger partial charge is 0.495 e. The van der Waals surface area contributed by atoms with E-state index in [1.165, 1.54) is 11.3 Å². The highest BCUT2D eigenvalue weighted by Crippen LogP contribution is 2.36. The summed E-state index contributed by atoms with van der Waals surface area (Å²) in [5.41, 5.74) is 1.05. The minimum Gasteiger partial charge on any atom is -0.495 e. The van der Waals surface area contributed by atoms with Crippen molar-refractivity contribution in [1.29, 1.82) is 0 Å².